The van der Waals surface area contributed by atoms with Crippen molar-refractivity contribution in [3.05, 3.63) is 42.1 Å². The van der Waals surface area contributed by atoms with E-state index in [-0.39, 0.29) is 17.9 Å². The Morgan fingerprint density at radius 2 is 1.93 bits per heavy atom. The van der Waals surface area contributed by atoms with Gasteiger partial charge in [0.15, 0.2) is 0 Å². The molecule has 2 aromatic heterocycles. The summed E-state index contributed by atoms with van der Waals surface area (Å²) in [7, 11) is 0. The molecule has 2 aliphatic heterocycles. The monoisotopic (exact) mass is 370 g/mol. The number of amides is 1. The molecular weight excluding hydrogens is 344 g/mol. The summed E-state index contributed by atoms with van der Waals surface area (Å²) in [6.07, 6.45) is 3.51. The van der Waals surface area contributed by atoms with Crippen molar-refractivity contribution in [3.8, 4) is 0 Å². The second-order valence-corrected chi connectivity index (χ2v) is 7.33. The summed E-state index contributed by atoms with van der Waals surface area (Å²) < 4.78 is 5.72. The number of hydrogen-bond acceptors (Lipinski definition) is 7. The fourth-order valence-electron chi connectivity index (χ4n) is 3.84. The molecule has 0 aromatic carbocycles. The first kappa shape index (κ1) is 17.9. The van der Waals surface area contributed by atoms with Crippen LogP contribution in [0.25, 0.3) is 0 Å². The molecular formula is C19H26N6O2. The van der Waals surface area contributed by atoms with Gasteiger partial charge in [0.1, 0.15) is 11.5 Å². The van der Waals surface area contributed by atoms with E-state index in [0.717, 1.165) is 43.6 Å². The molecule has 2 atom stereocenters. The van der Waals surface area contributed by atoms with Crippen molar-refractivity contribution in [3.63, 3.8) is 0 Å². The van der Waals surface area contributed by atoms with Gasteiger partial charge in [-0.3, -0.25) is 9.69 Å². The Bertz CT molecular complexity index is 772. The summed E-state index contributed by atoms with van der Waals surface area (Å²) >= 11 is 0. The van der Waals surface area contributed by atoms with E-state index in [1.807, 2.05) is 30.0 Å². The van der Waals surface area contributed by atoms with E-state index in [1.54, 1.807) is 12.4 Å². The fourth-order valence-corrected chi connectivity index (χ4v) is 3.84. The van der Waals surface area contributed by atoms with Crippen molar-refractivity contribution in [1.82, 2.24) is 19.8 Å². The number of carbonyl (C=O) groups is 1. The third-order valence-electron chi connectivity index (χ3n) is 5.41. The van der Waals surface area contributed by atoms with E-state index in [9.17, 15) is 4.79 Å². The van der Waals surface area contributed by atoms with Crippen molar-refractivity contribution in [2.75, 3.05) is 50.7 Å². The third-order valence-corrected chi connectivity index (χ3v) is 5.41. The van der Waals surface area contributed by atoms with Gasteiger partial charge in [-0.1, -0.05) is 0 Å². The second kappa shape index (κ2) is 7.66. The minimum atomic E-state index is -0.0772. The topological polar surface area (TPSA) is 91.7 Å². The van der Waals surface area contributed by atoms with Crippen molar-refractivity contribution < 1.29 is 9.21 Å². The number of nitrogens with zero attached hydrogens (tertiary/aromatic N) is 5. The van der Waals surface area contributed by atoms with E-state index < -0.39 is 0 Å². The zero-order valence-corrected chi connectivity index (χ0v) is 15.6. The van der Waals surface area contributed by atoms with E-state index in [4.69, 9.17) is 10.2 Å². The molecule has 2 saturated heterocycles. The average Bonchev–Trinajstić information content (AvgIpc) is 3.28. The molecule has 0 radical (unpaired) electrons. The van der Waals surface area contributed by atoms with Crippen LogP contribution in [0.1, 0.15) is 17.4 Å². The van der Waals surface area contributed by atoms with Crippen LogP contribution in [0.3, 0.4) is 0 Å². The highest BCUT2D eigenvalue weighted by atomic mass is 16.3. The van der Waals surface area contributed by atoms with Gasteiger partial charge >= 0.3 is 0 Å². The number of piperazine rings is 1. The summed E-state index contributed by atoms with van der Waals surface area (Å²) in [6, 6.07) is 5.66. The molecule has 144 valence electrons. The van der Waals surface area contributed by atoms with Gasteiger partial charge in [0.05, 0.1) is 12.5 Å². The van der Waals surface area contributed by atoms with Gasteiger partial charge in [0.25, 0.3) is 0 Å². The van der Waals surface area contributed by atoms with Crippen LogP contribution < -0.4 is 10.6 Å². The van der Waals surface area contributed by atoms with E-state index in [1.165, 1.54) is 0 Å². The van der Waals surface area contributed by atoms with Crippen LogP contribution in [0.15, 0.2) is 35.0 Å². The van der Waals surface area contributed by atoms with Gasteiger partial charge in [-0.05, 0) is 25.1 Å². The molecule has 0 spiro atoms. The maximum absolute atomic E-state index is 12.8. The Balaban J connectivity index is 1.29. The SMILES string of the molecule is Cc1ccc([C@H]2CN(C(=O)CN3CCN(c4ncccn4)CC3)C[C@@H]2N)o1. The van der Waals surface area contributed by atoms with Gasteiger partial charge in [0.2, 0.25) is 11.9 Å². The molecule has 8 nitrogen and oxygen atoms in total. The number of carbonyl (C=O) groups excluding carboxylic acids is 1. The molecule has 1 amide bonds. The second-order valence-electron chi connectivity index (χ2n) is 7.33. The molecule has 0 aliphatic carbocycles. The molecule has 4 rings (SSSR count). The highest BCUT2D eigenvalue weighted by molar-refractivity contribution is 5.79. The Hall–Kier alpha value is -2.45. The fraction of sp³-hybridized carbons (Fsp3) is 0.526. The summed E-state index contributed by atoms with van der Waals surface area (Å²) in [4.78, 5) is 27.6. The third kappa shape index (κ3) is 3.96. The van der Waals surface area contributed by atoms with Crippen molar-refractivity contribution in [2.24, 2.45) is 5.73 Å². The maximum Gasteiger partial charge on any atom is 0.236 e. The molecule has 8 heteroatoms. The lowest BCUT2D eigenvalue weighted by atomic mass is 10.0. The number of rotatable bonds is 4. The lowest BCUT2D eigenvalue weighted by molar-refractivity contribution is -0.131. The number of likely N-dealkylation sites (tertiary alicyclic amines) is 1. The molecule has 0 saturated carbocycles. The predicted octanol–water partition coefficient (Wildman–Crippen LogP) is 0.453. The van der Waals surface area contributed by atoms with Gasteiger partial charge < -0.3 is 20.0 Å². The Morgan fingerprint density at radius 1 is 1.19 bits per heavy atom. The summed E-state index contributed by atoms with van der Waals surface area (Å²) in [6.45, 7) is 6.87. The van der Waals surface area contributed by atoms with Crippen LogP contribution in [0.2, 0.25) is 0 Å². The minimum Gasteiger partial charge on any atom is -0.466 e. The van der Waals surface area contributed by atoms with E-state index in [0.29, 0.717) is 19.6 Å². The van der Waals surface area contributed by atoms with Crippen LogP contribution in [-0.2, 0) is 4.79 Å². The molecule has 0 unspecified atom stereocenters. The summed E-state index contributed by atoms with van der Waals surface area (Å²) in [5, 5.41) is 0. The van der Waals surface area contributed by atoms with E-state index in [2.05, 4.69) is 19.8 Å². The van der Waals surface area contributed by atoms with Crippen LogP contribution in [0, 0.1) is 6.92 Å². The highest BCUT2D eigenvalue weighted by Gasteiger charge is 2.36. The number of anilines is 1. The van der Waals surface area contributed by atoms with Crippen molar-refractivity contribution >= 4 is 11.9 Å². The molecule has 27 heavy (non-hydrogen) atoms. The predicted molar refractivity (Wildman–Crippen MR) is 101 cm³/mol. The zero-order valence-electron chi connectivity index (χ0n) is 15.6. The number of aryl methyl sites for hydroxylation is 1. The van der Waals surface area contributed by atoms with Gasteiger partial charge in [0, 0.05) is 57.7 Å². The number of aromatic nitrogens is 2. The number of hydrogen-bond donors (Lipinski definition) is 1. The van der Waals surface area contributed by atoms with Crippen molar-refractivity contribution in [1.29, 1.82) is 0 Å². The largest absolute Gasteiger partial charge is 0.466 e. The van der Waals surface area contributed by atoms with Crippen LogP contribution in [0.5, 0.6) is 0 Å². The smallest absolute Gasteiger partial charge is 0.236 e. The molecule has 2 N–H and O–H groups in total. The van der Waals surface area contributed by atoms with Crippen molar-refractivity contribution in [2.45, 2.75) is 18.9 Å². The first-order chi connectivity index (χ1) is 13.1. The van der Waals surface area contributed by atoms with Gasteiger partial charge in [-0.15, -0.1) is 0 Å². The van der Waals surface area contributed by atoms with Crippen LogP contribution >= 0.6 is 0 Å². The van der Waals surface area contributed by atoms with Crippen LogP contribution in [0.4, 0.5) is 5.95 Å². The first-order valence-corrected chi connectivity index (χ1v) is 9.44. The lowest BCUT2D eigenvalue weighted by Crippen LogP contribution is -2.50. The summed E-state index contributed by atoms with van der Waals surface area (Å²) in [5.74, 6) is 2.73. The Kier molecular flexibility index (Phi) is 5.09. The standard InChI is InChI=1S/C19H26N6O2/c1-14-3-4-17(27-14)15-11-25(12-16(15)20)18(26)13-23-7-9-24(10-8-23)19-21-5-2-6-22-19/h2-6,15-16H,7-13,20H2,1H3/t15-,16-/m0/s1. The Morgan fingerprint density at radius 3 is 2.59 bits per heavy atom. The van der Waals surface area contributed by atoms with Gasteiger partial charge in [-0.25, -0.2) is 9.97 Å². The zero-order chi connectivity index (χ0) is 18.8. The molecule has 2 aliphatic rings. The van der Waals surface area contributed by atoms with Crippen LogP contribution in [-0.4, -0.2) is 77.5 Å². The molecule has 4 heterocycles. The number of nitrogens with two attached hydrogens (primary N) is 1. The Labute approximate surface area is 159 Å². The number of furan rings is 1. The molecule has 0 bridgehead atoms. The lowest BCUT2D eigenvalue weighted by Gasteiger charge is -2.34. The highest BCUT2D eigenvalue weighted by Crippen LogP contribution is 2.28. The average molecular weight is 370 g/mol. The first-order valence-electron chi connectivity index (χ1n) is 9.44. The van der Waals surface area contributed by atoms with E-state index >= 15 is 0 Å². The quantitative estimate of drug-likeness (QED) is 0.835. The molecule has 2 fully saturated rings. The normalized spacial score (nSPS) is 23.8. The minimum absolute atomic E-state index is 0.0772. The maximum atomic E-state index is 12.8. The summed E-state index contributed by atoms with van der Waals surface area (Å²) in [5.41, 5.74) is 6.28. The van der Waals surface area contributed by atoms with Gasteiger partial charge in [-0.2, -0.15) is 0 Å². The molecule has 2 aromatic rings.